The van der Waals surface area contributed by atoms with Crippen LogP contribution in [0.15, 0.2) is 30.3 Å². The standard InChI is InChI=1S/C19H31NO/c1-4-14-20-15-19(12-10-16(2)11-13-19)21-17(3)18-8-6-5-7-9-18/h5-9,16-17,20H,4,10-15H2,1-3H3. The van der Waals surface area contributed by atoms with Crippen LogP contribution >= 0.6 is 0 Å². The van der Waals surface area contributed by atoms with Gasteiger partial charge in [-0.3, -0.25) is 0 Å². The van der Waals surface area contributed by atoms with Gasteiger partial charge >= 0.3 is 0 Å². The molecule has 0 aliphatic heterocycles. The molecule has 1 aromatic rings. The van der Waals surface area contributed by atoms with Gasteiger partial charge in [0, 0.05) is 6.54 Å². The van der Waals surface area contributed by atoms with Crippen molar-refractivity contribution in [2.24, 2.45) is 5.92 Å². The van der Waals surface area contributed by atoms with E-state index in [1.54, 1.807) is 0 Å². The highest BCUT2D eigenvalue weighted by atomic mass is 16.5. The fraction of sp³-hybridized carbons (Fsp3) is 0.684. The maximum atomic E-state index is 6.60. The lowest BCUT2D eigenvalue weighted by atomic mass is 9.79. The summed E-state index contributed by atoms with van der Waals surface area (Å²) in [4.78, 5) is 0. The fourth-order valence-corrected chi connectivity index (χ4v) is 3.28. The number of ether oxygens (including phenoxy) is 1. The molecule has 0 radical (unpaired) electrons. The normalized spacial score (nSPS) is 27.5. The van der Waals surface area contributed by atoms with Crippen molar-refractivity contribution in [2.75, 3.05) is 13.1 Å². The third kappa shape index (κ3) is 4.82. The molecule has 0 spiro atoms. The minimum atomic E-state index is 0.0247. The number of nitrogens with one attached hydrogen (secondary N) is 1. The van der Waals surface area contributed by atoms with Crippen LogP contribution in [0.25, 0.3) is 0 Å². The molecule has 2 heteroatoms. The average Bonchev–Trinajstić information content (AvgIpc) is 2.51. The zero-order valence-corrected chi connectivity index (χ0v) is 13.9. The minimum Gasteiger partial charge on any atom is -0.366 e. The Morgan fingerprint density at radius 2 is 1.90 bits per heavy atom. The van der Waals surface area contributed by atoms with Crippen molar-refractivity contribution in [1.82, 2.24) is 5.32 Å². The SMILES string of the molecule is CCCNCC1(OC(C)c2ccccc2)CCC(C)CC1. The van der Waals surface area contributed by atoms with E-state index in [0.29, 0.717) is 0 Å². The summed E-state index contributed by atoms with van der Waals surface area (Å²) < 4.78 is 6.60. The number of rotatable bonds is 7. The number of hydrogen-bond acceptors (Lipinski definition) is 2. The summed E-state index contributed by atoms with van der Waals surface area (Å²) >= 11 is 0. The molecular formula is C19H31NO. The van der Waals surface area contributed by atoms with Gasteiger partial charge in [0.05, 0.1) is 11.7 Å². The Kier molecular flexibility index (Phi) is 6.25. The zero-order valence-electron chi connectivity index (χ0n) is 13.9. The van der Waals surface area contributed by atoms with E-state index < -0.39 is 0 Å². The van der Waals surface area contributed by atoms with Crippen LogP contribution in [-0.4, -0.2) is 18.7 Å². The summed E-state index contributed by atoms with van der Waals surface area (Å²) in [6.07, 6.45) is 6.29. The van der Waals surface area contributed by atoms with Crippen molar-refractivity contribution in [3.8, 4) is 0 Å². The van der Waals surface area contributed by atoms with E-state index in [9.17, 15) is 0 Å². The molecule has 0 aromatic heterocycles. The van der Waals surface area contributed by atoms with Gasteiger partial charge in [0.25, 0.3) is 0 Å². The van der Waals surface area contributed by atoms with Crippen LogP contribution in [0.3, 0.4) is 0 Å². The Morgan fingerprint density at radius 3 is 2.52 bits per heavy atom. The fourth-order valence-electron chi connectivity index (χ4n) is 3.28. The molecule has 1 saturated carbocycles. The van der Waals surface area contributed by atoms with Crippen LogP contribution in [0.5, 0.6) is 0 Å². The van der Waals surface area contributed by atoms with Crippen molar-refractivity contribution in [3.63, 3.8) is 0 Å². The van der Waals surface area contributed by atoms with Gasteiger partial charge in [0.15, 0.2) is 0 Å². The van der Waals surface area contributed by atoms with Gasteiger partial charge in [-0.2, -0.15) is 0 Å². The Morgan fingerprint density at radius 1 is 1.24 bits per heavy atom. The van der Waals surface area contributed by atoms with E-state index in [2.05, 4.69) is 56.4 Å². The van der Waals surface area contributed by atoms with Gasteiger partial charge < -0.3 is 10.1 Å². The van der Waals surface area contributed by atoms with E-state index in [4.69, 9.17) is 4.74 Å². The monoisotopic (exact) mass is 289 g/mol. The number of hydrogen-bond donors (Lipinski definition) is 1. The Balaban J connectivity index is 2.01. The van der Waals surface area contributed by atoms with Gasteiger partial charge in [-0.25, -0.2) is 0 Å². The molecule has 0 heterocycles. The Bertz CT molecular complexity index is 395. The molecule has 1 aliphatic carbocycles. The van der Waals surface area contributed by atoms with Crippen molar-refractivity contribution >= 4 is 0 Å². The highest BCUT2D eigenvalue weighted by Crippen LogP contribution is 2.37. The van der Waals surface area contributed by atoms with Crippen molar-refractivity contribution < 1.29 is 4.74 Å². The predicted molar refractivity (Wildman–Crippen MR) is 89.5 cm³/mol. The lowest BCUT2D eigenvalue weighted by Gasteiger charge is -2.41. The maximum Gasteiger partial charge on any atom is 0.0814 e. The highest BCUT2D eigenvalue weighted by Gasteiger charge is 2.36. The molecule has 0 saturated heterocycles. The summed E-state index contributed by atoms with van der Waals surface area (Å²) in [5.74, 6) is 0.847. The molecule has 1 unspecified atom stereocenters. The Hall–Kier alpha value is -0.860. The number of benzene rings is 1. The largest absolute Gasteiger partial charge is 0.366 e. The summed E-state index contributed by atoms with van der Waals surface area (Å²) in [6, 6.07) is 10.6. The lowest BCUT2D eigenvalue weighted by Crippen LogP contribution is -2.46. The molecule has 1 aromatic carbocycles. The van der Waals surface area contributed by atoms with Crippen molar-refractivity contribution in [3.05, 3.63) is 35.9 Å². The first-order valence-corrected chi connectivity index (χ1v) is 8.59. The molecule has 1 aliphatic rings. The highest BCUT2D eigenvalue weighted by molar-refractivity contribution is 5.17. The van der Waals surface area contributed by atoms with Crippen LogP contribution in [-0.2, 0) is 4.74 Å². The van der Waals surface area contributed by atoms with E-state index >= 15 is 0 Å². The van der Waals surface area contributed by atoms with Crippen LogP contribution in [0.2, 0.25) is 0 Å². The van der Waals surface area contributed by atoms with Crippen LogP contribution in [0.1, 0.15) is 64.5 Å². The van der Waals surface area contributed by atoms with Gasteiger partial charge in [0.1, 0.15) is 0 Å². The third-order valence-electron chi connectivity index (χ3n) is 4.76. The van der Waals surface area contributed by atoms with E-state index in [1.807, 2.05) is 0 Å². The maximum absolute atomic E-state index is 6.60. The molecule has 118 valence electrons. The molecule has 2 rings (SSSR count). The molecule has 2 nitrogen and oxygen atoms in total. The molecule has 1 atom stereocenters. The average molecular weight is 289 g/mol. The quantitative estimate of drug-likeness (QED) is 0.734. The van der Waals surface area contributed by atoms with E-state index in [1.165, 1.54) is 37.7 Å². The van der Waals surface area contributed by atoms with Gasteiger partial charge in [-0.15, -0.1) is 0 Å². The smallest absolute Gasteiger partial charge is 0.0814 e. The van der Waals surface area contributed by atoms with Gasteiger partial charge in [-0.05, 0) is 57.1 Å². The van der Waals surface area contributed by atoms with Crippen LogP contribution < -0.4 is 5.32 Å². The summed E-state index contributed by atoms with van der Waals surface area (Å²) in [7, 11) is 0. The van der Waals surface area contributed by atoms with Crippen molar-refractivity contribution in [2.45, 2.75) is 64.6 Å². The topological polar surface area (TPSA) is 21.3 Å². The van der Waals surface area contributed by atoms with E-state index in [-0.39, 0.29) is 11.7 Å². The van der Waals surface area contributed by atoms with Crippen LogP contribution in [0, 0.1) is 5.92 Å². The first-order chi connectivity index (χ1) is 10.2. The summed E-state index contributed by atoms with van der Waals surface area (Å²) in [5.41, 5.74) is 1.31. The molecule has 0 bridgehead atoms. The zero-order chi connectivity index (χ0) is 15.1. The molecule has 21 heavy (non-hydrogen) atoms. The summed E-state index contributed by atoms with van der Waals surface area (Å²) in [6.45, 7) is 8.85. The predicted octanol–water partition coefficient (Wildman–Crippen LogP) is 4.71. The molecule has 1 fully saturated rings. The second kappa shape index (κ2) is 7.95. The lowest BCUT2D eigenvalue weighted by molar-refractivity contribution is -0.113. The molecule has 1 N–H and O–H groups in total. The van der Waals surface area contributed by atoms with E-state index in [0.717, 1.165) is 19.0 Å². The Labute approximate surface area is 130 Å². The summed E-state index contributed by atoms with van der Waals surface area (Å²) in [5, 5.41) is 3.59. The first-order valence-electron chi connectivity index (χ1n) is 8.59. The second-order valence-corrected chi connectivity index (χ2v) is 6.71. The first kappa shape index (κ1) is 16.5. The molecular weight excluding hydrogens is 258 g/mol. The third-order valence-corrected chi connectivity index (χ3v) is 4.76. The van der Waals surface area contributed by atoms with Gasteiger partial charge in [0.2, 0.25) is 0 Å². The second-order valence-electron chi connectivity index (χ2n) is 6.71. The molecule has 0 amide bonds. The van der Waals surface area contributed by atoms with Crippen LogP contribution in [0.4, 0.5) is 0 Å². The van der Waals surface area contributed by atoms with Gasteiger partial charge in [-0.1, -0.05) is 44.2 Å². The van der Waals surface area contributed by atoms with Crippen molar-refractivity contribution in [1.29, 1.82) is 0 Å². The minimum absolute atomic E-state index is 0.0247.